The Morgan fingerprint density at radius 2 is 2.18 bits per heavy atom. The van der Waals surface area contributed by atoms with Crippen molar-refractivity contribution in [3.05, 3.63) is 0 Å². The number of halogens is 1. The molecule has 102 valence electrons. The van der Waals surface area contributed by atoms with Crippen LogP contribution in [0, 0.1) is 11.8 Å². The SMILES string of the molecule is CNCC1CCCN(C(=O)CCC(C)C)C1.Cl. The Morgan fingerprint density at radius 1 is 1.47 bits per heavy atom. The third kappa shape index (κ3) is 6.27. The molecule has 0 bridgehead atoms. The molecule has 0 aromatic carbocycles. The van der Waals surface area contributed by atoms with Crippen molar-refractivity contribution in [3.8, 4) is 0 Å². The molecule has 1 aliphatic rings. The third-order valence-corrected chi connectivity index (χ3v) is 3.30. The number of nitrogens with zero attached hydrogens (tertiary/aromatic N) is 1. The van der Waals surface area contributed by atoms with Gasteiger partial charge in [0.2, 0.25) is 5.91 Å². The molecule has 1 unspecified atom stereocenters. The van der Waals surface area contributed by atoms with E-state index in [0.29, 0.717) is 17.7 Å². The monoisotopic (exact) mass is 262 g/mol. The van der Waals surface area contributed by atoms with Crippen molar-refractivity contribution < 1.29 is 4.79 Å². The van der Waals surface area contributed by atoms with Crippen LogP contribution in [0.5, 0.6) is 0 Å². The highest BCUT2D eigenvalue weighted by atomic mass is 35.5. The van der Waals surface area contributed by atoms with E-state index in [1.165, 1.54) is 12.8 Å². The first-order chi connectivity index (χ1) is 7.63. The van der Waals surface area contributed by atoms with Crippen LogP contribution in [0.3, 0.4) is 0 Å². The summed E-state index contributed by atoms with van der Waals surface area (Å²) in [7, 11) is 1.99. The summed E-state index contributed by atoms with van der Waals surface area (Å²) in [6, 6.07) is 0. The molecule has 0 spiro atoms. The zero-order valence-corrected chi connectivity index (χ0v) is 12.2. The van der Waals surface area contributed by atoms with Crippen LogP contribution in [-0.4, -0.2) is 37.5 Å². The van der Waals surface area contributed by atoms with E-state index in [0.717, 1.165) is 32.5 Å². The molecule has 0 aromatic heterocycles. The zero-order chi connectivity index (χ0) is 12.0. The van der Waals surface area contributed by atoms with Crippen LogP contribution in [-0.2, 0) is 4.79 Å². The minimum absolute atomic E-state index is 0. The lowest BCUT2D eigenvalue weighted by atomic mass is 9.97. The highest BCUT2D eigenvalue weighted by Crippen LogP contribution is 2.17. The van der Waals surface area contributed by atoms with Crippen LogP contribution in [0.25, 0.3) is 0 Å². The number of nitrogens with one attached hydrogen (secondary N) is 1. The van der Waals surface area contributed by atoms with Crippen LogP contribution in [0.4, 0.5) is 0 Å². The minimum Gasteiger partial charge on any atom is -0.342 e. The van der Waals surface area contributed by atoms with Crippen molar-refractivity contribution in [3.63, 3.8) is 0 Å². The number of hydrogen-bond acceptors (Lipinski definition) is 2. The fraction of sp³-hybridized carbons (Fsp3) is 0.923. The summed E-state index contributed by atoms with van der Waals surface area (Å²) < 4.78 is 0. The molecule has 1 rings (SSSR count). The lowest BCUT2D eigenvalue weighted by molar-refractivity contribution is -0.133. The number of carbonyl (C=O) groups is 1. The van der Waals surface area contributed by atoms with Crippen molar-refractivity contribution in [1.29, 1.82) is 0 Å². The quantitative estimate of drug-likeness (QED) is 0.825. The summed E-state index contributed by atoms with van der Waals surface area (Å²) in [6.45, 7) is 7.31. The lowest BCUT2D eigenvalue weighted by Crippen LogP contribution is -2.42. The van der Waals surface area contributed by atoms with Crippen LogP contribution in [0.2, 0.25) is 0 Å². The number of amides is 1. The molecule has 1 saturated heterocycles. The van der Waals surface area contributed by atoms with E-state index < -0.39 is 0 Å². The predicted octanol–water partition coefficient (Wildman–Crippen LogP) is 2.30. The normalized spacial score (nSPS) is 20.2. The van der Waals surface area contributed by atoms with Crippen LogP contribution >= 0.6 is 12.4 Å². The summed E-state index contributed by atoms with van der Waals surface area (Å²) >= 11 is 0. The van der Waals surface area contributed by atoms with E-state index in [4.69, 9.17) is 0 Å². The topological polar surface area (TPSA) is 32.3 Å². The first-order valence-corrected chi connectivity index (χ1v) is 6.55. The maximum absolute atomic E-state index is 12.0. The van der Waals surface area contributed by atoms with E-state index in [1.54, 1.807) is 0 Å². The van der Waals surface area contributed by atoms with Gasteiger partial charge in [-0.05, 0) is 44.7 Å². The highest BCUT2D eigenvalue weighted by molar-refractivity contribution is 5.85. The van der Waals surface area contributed by atoms with Gasteiger partial charge in [-0.15, -0.1) is 12.4 Å². The molecule has 1 atom stereocenters. The molecule has 4 heteroatoms. The molecule has 0 radical (unpaired) electrons. The maximum Gasteiger partial charge on any atom is 0.222 e. The van der Waals surface area contributed by atoms with Crippen molar-refractivity contribution in [1.82, 2.24) is 10.2 Å². The number of carbonyl (C=O) groups excluding carboxylic acids is 1. The Bertz CT molecular complexity index is 219. The van der Waals surface area contributed by atoms with E-state index in [1.807, 2.05) is 7.05 Å². The molecular formula is C13H27ClN2O. The molecule has 17 heavy (non-hydrogen) atoms. The van der Waals surface area contributed by atoms with Gasteiger partial charge >= 0.3 is 0 Å². The van der Waals surface area contributed by atoms with Gasteiger partial charge in [0.05, 0.1) is 0 Å². The number of piperidine rings is 1. The second-order valence-electron chi connectivity index (χ2n) is 5.34. The first kappa shape index (κ1) is 16.7. The summed E-state index contributed by atoms with van der Waals surface area (Å²) in [5.74, 6) is 1.64. The second-order valence-corrected chi connectivity index (χ2v) is 5.34. The molecule has 0 aliphatic carbocycles. The predicted molar refractivity (Wildman–Crippen MR) is 74.6 cm³/mol. The largest absolute Gasteiger partial charge is 0.342 e. The van der Waals surface area contributed by atoms with E-state index >= 15 is 0 Å². The third-order valence-electron chi connectivity index (χ3n) is 3.30. The molecular weight excluding hydrogens is 236 g/mol. The summed E-state index contributed by atoms with van der Waals surface area (Å²) in [5, 5.41) is 3.21. The van der Waals surface area contributed by atoms with E-state index in [9.17, 15) is 4.79 Å². The molecule has 1 amide bonds. The molecule has 1 N–H and O–H groups in total. The highest BCUT2D eigenvalue weighted by Gasteiger charge is 2.22. The molecule has 3 nitrogen and oxygen atoms in total. The number of hydrogen-bond donors (Lipinski definition) is 1. The standard InChI is InChI=1S/C13H26N2O.ClH/c1-11(2)6-7-13(16)15-8-4-5-12(10-15)9-14-3;/h11-12,14H,4-10H2,1-3H3;1H. The van der Waals surface area contributed by atoms with Gasteiger partial charge in [-0.2, -0.15) is 0 Å². The minimum atomic E-state index is 0. The van der Waals surface area contributed by atoms with Crippen LogP contribution in [0.1, 0.15) is 39.5 Å². The zero-order valence-electron chi connectivity index (χ0n) is 11.4. The number of rotatable bonds is 5. The Hall–Kier alpha value is -0.280. The van der Waals surface area contributed by atoms with E-state index in [2.05, 4.69) is 24.1 Å². The van der Waals surface area contributed by atoms with Crippen molar-refractivity contribution in [2.45, 2.75) is 39.5 Å². The Labute approximate surface area is 112 Å². The fourth-order valence-corrected chi connectivity index (χ4v) is 2.32. The van der Waals surface area contributed by atoms with Gasteiger partial charge in [0, 0.05) is 19.5 Å². The first-order valence-electron chi connectivity index (χ1n) is 6.55. The smallest absolute Gasteiger partial charge is 0.222 e. The summed E-state index contributed by atoms with van der Waals surface area (Å²) in [4.78, 5) is 14.0. The van der Waals surface area contributed by atoms with Crippen LogP contribution < -0.4 is 5.32 Å². The second kappa shape index (κ2) is 8.76. The van der Waals surface area contributed by atoms with Gasteiger partial charge in [-0.3, -0.25) is 4.79 Å². The van der Waals surface area contributed by atoms with Gasteiger partial charge in [0.25, 0.3) is 0 Å². The van der Waals surface area contributed by atoms with Crippen LogP contribution in [0.15, 0.2) is 0 Å². The Kier molecular flexibility index (Phi) is 8.61. The maximum atomic E-state index is 12.0. The lowest BCUT2D eigenvalue weighted by Gasteiger charge is -2.33. The molecule has 1 heterocycles. The van der Waals surface area contributed by atoms with Gasteiger partial charge in [0.15, 0.2) is 0 Å². The molecule has 1 aliphatic heterocycles. The average Bonchev–Trinajstić information content (AvgIpc) is 2.26. The summed E-state index contributed by atoms with van der Waals surface area (Å²) in [6.07, 6.45) is 4.17. The average molecular weight is 263 g/mol. The molecule has 0 saturated carbocycles. The molecule has 1 fully saturated rings. The van der Waals surface area contributed by atoms with Crippen molar-refractivity contribution in [2.24, 2.45) is 11.8 Å². The molecule has 0 aromatic rings. The van der Waals surface area contributed by atoms with Crippen molar-refractivity contribution in [2.75, 3.05) is 26.7 Å². The van der Waals surface area contributed by atoms with E-state index in [-0.39, 0.29) is 12.4 Å². The Morgan fingerprint density at radius 3 is 2.76 bits per heavy atom. The number of likely N-dealkylation sites (tertiary alicyclic amines) is 1. The fourth-order valence-electron chi connectivity index (χ4n) is 2.32. The van der Waals surface area contributed by atoms with Gasteiger partial charge in [-0.25, -0.2) is 0 Å². The van der Waals surface area contributed by atoms with Gasteiger partial charge in [-0.1, -0.05) is 13.8 Å². The summed E-state index contributed by atoms with van der Waals surface area (Å²) in [5.41, 5.74) is 0. The van der Waals surface area contributed by atoms with Gasteiger partial charge < -0.3 is 10.2 Å². The van der Waals surface area contributed by atoms with Crippen molar-refractivity contribution >= 4 is 18.3 Å². The van der Waals surface area contributed by atoms with Gasteiger partial charge in [0.1, 0.15) is 0 Å². The Balaban J connectivity index is 0.00000256.